The summed E-state index contributed by atoms with van der Waals surface area (Å²) in [5.41, 5.74) is 2.07. The third kappa shape index (κ3) is 1.92. The molecule has 18 heavy (non-hydrogen) atoms. The summed E-state index contributed by atoms with van der Waals surface area (Å²) in [6.45, 7) is 0. The van der Waals surface area contributed by atoms with Gasteiger partial charge in [-0.2, -0.15) is 0 Å². The van der Waals surface area contributed by atoms with Gasteiger partial charge in [0.2, 0.25) is 11.8 Å². The van der Waals surface area contributed by atoms with Crippen LogP contribution in [0.3, 0.4) is 0 Å². The van der Waals surface area contributed by atoms with E-state index in [2.05, 4.69) is 32.9 Å². The molecule has 4 nitrogen and oxygen atoms in total. The van der Waals surface area contributed by atoms with Gasteiger partial charge in [0.05, 0.1) is 11.4 Å². The van der Waals surface area contributed by atoms with Crippen molar-refractivity contribution in [1.82, 2.24) is 10.3 Å². The van der Waals surface area contributed by atoms with E-state index in [9.17, 15) is 9.59 Å². The van der Waals surface area contributed by atoms with Gasteiger partial charge in [-0.1, -0.05) is 0 Å². The van der Waals surface area contributed by atoms with Crippen LogP contribution in [0.2, 0.25) is 0 Å². The first kappa shape index (κ1) is 11.7. The van der Waals surface area contributed by atoms with Gasteiger partial charge in [-0.3, -0.25) is 14.9 Å². The molecule has 1 aromatic heterocycles. The van der Waals surface area contributed by atoms with E-state index in [-0.39, 0.29) is 17.7 Å². The van der Waals surface area contributed by atoms with E-state index in [1.54, 1.807) is 0 Å². The molecule has 0 radical (unpaired) electrons. The Bertz CT molecular complexity index is 647. The predicted molar refractivity (Wildman–Crippen MR) is 76.1 cm³/mol. The van der Waals surface area contributed by atoms with Crippen molar-refractivity contribution in [2.75, 3.05) is 0 Å². The lowest BCUT2D eigenvalue weighted by Crippen LogP contribution is -2.39. The molecule has 1 aliphatic heterocycles. The smallest absolute Gasteiger partial charge is 0.234 e. The van der Waals surface area contributed by atoms with E-state index in [1.807, 2.05) is 24.4 Å². The number of hydrogen-bond acceptors (Lipinski definition) is 2. The minimum atomic E-state index is -0.212. The number of amides is 2. The third-order valence-corrected chi connectivity index (χ3v) is 4.13. The molecule has 0 spiro atoms. The molecule has 1 atom stereocenters. The number of carbonyl (C=O) groups is 2. The Morgan fingerprint density at radius 2 is 2.11 bits per heavy atom. The average molecular weight is 354 g/mol. The van der Waals surface area contributed by atoms with E-state index in [1.165, 1.54) is 0 Å². The van der Waals surface area contributed by atoms with Gasteiger partial charge in [0.25, 0.3) is 0 Å². The van der Waals surface area contributed by atoms with Gasteiger partial charge in [0.15, 0.2) is 0 Å². The number of piperidine rings is 1. The number of carbonyl (C=O) groups excluding carboxylic acids is 2. The van der Waals surface area contributed by atoms with Crippen molar-refractivity contribution in [3.05, 3.63) is 33.5 Å². The number of nitrogens with one attached hydrogen (secondary N) is 2. The van der Waals surface area contributed by atoms with Gasteiger partial charge in [-0.15, -0.1) is 0 Å². The highest BCUT2D eigenvalue weighted by Crippen LogP contribution is 2.30. The Morgan fingerprint density at radius 1 is 1.28 bits per heavy atom. The van der Waals surface area contributed by atoms with Crippen LogP contribution in [-0.2, 0) is 9.59 Å². The number of aromatic nitrogens is 1. The molecule has 2 aromatic rings. The second-order valence-electron chi connectivity index (χ2n) is 4.45. The Hall–Kier alpha value is -1.37. The highest BCUT2D eigenvalue weighted by molar-refractivity contribution is 14.1. The minimum absolute atomic E-state index is 0.173. The summed E-state index contributed by atoms with van der Waals surface area (Å²) in [5, 5.41) is 3.50. The van der Waals surface area contributed by atoms with Gasteiger partial charge in [0.1, 0.15) is 0 Å². The molecule has 2 heterocycles. The van der Waals surface area contributed by atoms with Crippen LogP contribution in [0, 0.1) is 3.57 Å². The van der Waals surface area contributed by atoms with Crippen LogP contribution < -0.4 is 5.32 Å². The van der Waals surface area contributed by atoms with Crippen molar-refractivity contribution in [3.63, 3.8) is 0 Å². The maximum absolute atomic E-state index is 11.8. The van der Waals surface area contributed by atoms with Crippen molar-refractivity contribution in [1.29, 1.82) is 0 Å². The van der Waals surface area contributed by atoms with Crippen LogP contribution in [0.4, 0.5) is 0 Å². The van der Waals surface area contributed by atoms with Crippen LogP contribution in [0.5, 0.6) is 0 Å². The summed E-state index contributed by atoms with van der Waals surface area (Å²) in [6.07, 6.45) is 2.90. The van der Waals surface area contributed by atoms with Crippen LogP contribution >= 0.6 is 22.6 Å². The predicted octanol–water partition coefficient (Wildman–Crippen LogP) is 2.29. The molecule has 1 unspecified atom stereocenters. The van der Waals surface area contributed by atoms with Crippen molar-refractivity contribution < 1.29 is 9.59 Å². The first-order valence-electron chi connectivity index (χ1n) is 5.75. The molecule has 1 saturated heterocycles. The van der Waals surface area contributed by atoms with Crippen molar-refractivity contribution in [2.24, 2.45) is 0 Å². The molecule has 0 saturated carbocycles. The largest absolute Gasteiger partial charge is 0.360 e. The maximum atomic E-state index is 11.8. The Morgan fingerprint density at radius 3 is 2.89 bits per heavy atom. The molecular weight excluding hydrogens is 343 g/mol. The molecule has 2 amide bonds. The molecular formula is C13H11IN2O2. The topological polar surface area (TPSA) is 62.0 Å². The molecule has 1 aromatic carbocycles. The molecule has 5 heteroatoms. The Labute approximate surface area is 117 Å². The zero-order chi connectivity index (χ0) is 12.7. The lowest BCUT2D eigenvalue weighted by Gasteiger charge is -2.21. The zero-order valence-electron chi connectivity index (χ0n) is 9.50. The summed E-state index contributed by atoms with van der Waals surface area (Å²) in [6, 6.07) is 6.03. The number of fused-ring (bicyclic) bond motifs is 1. The second-order valence-corrected chi connectivity index (χ2v) is 5.61. The fourth-order valence-corrected chi connectivity index (χ4v) is 3.19. The number of imide groups is 1. The Kier molecular flexibility index (Phi) is 2.85. The maximum Gasteiger partial charge on any atom is 0.234 e. The van der Waals surface area contributed by atoms with Gasteiger partial charge < -0.3 is 4.98 Å². The molecule has 1 fully saturated rings. The number of H-pyrrole nitrogens is 1. The van der Waals surface area contributed by atoms with Crippen LogP contribution in [-0.4, -0.2) is 16.8 Å². The summed E-state index contributed by atoms with van der Waals surface area (Å²) in [4.78, 5) is 26.2. The normalized spacial score (nSPS) is 20.2. The van der Waals surface area contributed by atoms with Crippen LogP contribution in [0.25, 0.3) is 10.9 Å². The van der Waals surface area contributed by atoms with Crippen LogP contribution in [0.15, 0.2) is 24.4 Å². The number of halogens is 1. The third-order valence-electron chi connectivity index (χ3n) is 3.28. The highest BCUT2D eigenvalue weighted by Gasteiger charge is 2.28. The minimum Gasteiger partial charge on any atom is -0.360 e. The fraction of sp³-hybridized carbons (Fsp3) is 0.231. The summed E-state index contributed by atoms with van der Waals surface area (Å²) >= 11 is 2.26. The van der Waals surface area contributed by atoms with E-state index < -0.39 is 0 Å². The zero-order valence-corrected chi connectivity index (χ0v) is 11.7. The molecule has 92 valence electrons. The van der Waals surface area contributed by atoms with Crippen molar-refractivity contribution in [2.45, 2.75) is 18.8 Å². The highest BCUT2D eigenvalue weighted by atomic mass is 127. The summed E-state index contributed by atoms with van der Waals surface area (Å²) in [5.74, 6) is -0.568. The number of rotatable bonds is 1. The lowest BCUT2D eigenvalue weighted by atomic mass is 9.90. The second kappa shape index (κ2) is 4.38. The lowest BCUT2D eigenvalue weighted by molar-refractivity contribution is -0.134. The monoisotopic (exact) mass is 354 g/mol. The molecule has 0 bridgehead atoms. The van der Waals surface area contributed by atoms with Gasteiger partial charge >= 0.3 is 0 Å². The number of aromatic amines is 1. The average Bonchev–Trinajstić information content (AvgIpc) is 2.77. The standard InChI is InChI=1S/C13H11IN2O2/c14-10-6-8(5-7-3-4-15-12(7)10)9-1-2-11(17)16-13(9)18/h3-6,9,15H,1-2H2,(H,16,17,18). The summed E-state index contributed by atoms with van der Waals surface area (Å²) in [7, 11) is 0. The van der Waals surface area contributed by atoms with E-state index in [0.29, 0.717) is 12.8 Å². The number of benzene rings is 1. The van der Waals surface area contributed by atoms with Crippen molar-refractivity contribution >= 4 is 45.3 Å². The molecule has 0 aliphatic carbocycles. The quantitative estimate of drug-likeness (QED) is 0.610. The fourth-order valence-electron chi connectivity index (χ4n) is 2.36. The van der Waals surface area contributed by atoms with E-state index in [0.717, 1.165) is 20.0 Å². The van der Waals surface area contributed by atoms with Gasteiger partial charge in [-0.25, -0.2) is 0 Å². The van der Waals surface area contributed by atoms with Gasteiger partial charge in [-0.05, 0) is 52.8 Å². The molecule has 3 rings (SSSR count). The molecule has 1 aliphatic rings. The first-order chi connectivity index (χ1) is 8.65. The SMILES string of the molecule is O=C1CCC(c2cc(I)c3[nH]ccc3c2)C(=O)N1. The van der Waals surface area contributed by atoms with Crippen molar-refractivity contribution in [3.8, 4) is 0 Å². The van der Waals surface area contributed by atoms with Crippen LogP contribution in [0.1, 0.15) is 24.3 Å². The number of hydrogen-bond donors (Lipinski definition) is 2. The first-order valence-corrected chi connectivity index (χ1v) is 6.83. The van der Waals surface area contributed by atoms with Gasteiger partial charge in [0, 0.05) is 21.6 Å². The molecule has 2 N–H and O–H groups in total. The Balaban J connectivity index is 2.03. The van der Waals surface area contributed by atoms with E-state index in [4.69, 9.17) is 0 Å². The summed E-state index contributed by atoms with van der Waals surface area (Å²) < 4.78 is 1.09. The van der Waals surface area contributed by atoms with E-state index >= 15 is 0 Å².